The van der Waals surface area contributed by atoms with E-state index in [1.165, 1.54) is 7.11 Å². The van der Waals surface area contributed by atoms with Crippen LogP contribution in [-0.4, -0.2) is 79.0 Å². The van der Waals surface area contributed by atoms with Gasteiger partial charge in [-0.3, -0.25) is 9.69 Å². The molecule has 13 heteroatoms. The highest BCUT2D eigenvalue weighted by atomic mass is 35.5. The molecule has 2 aromatic rings. The van der Waals surface area contributed by atoms with Crippen molar-refractivity contribution in [3.8, 4) is 11.6 Å². The zero-order valence-corrected chi connectivity index (χ0v) is 29.2. The molecule has 2 aliphatic rings. The molecule has 3 heterocycles. The van der Waals surface area contributed by atoms with Crippen molar-refractivity contribution in [1.82, 2.24) is 15.6 Å². The fourth-order valence-corrected chi connectivity index (χ4v) is 6.27. The minimum atomic E-state index is -0.913. The van der Waals surface area contributed by atoms with Crippen molar-refractivity contribution < 1.29 is 43.0 Å². The lowest BCUT2D eigenvalue weighted by molar-refractivity contribution is -0.825. The molecule has 3 amide bonds. The van der Waals surface area contributed by atoms with Crippen LogP contribution in [0.5, 0.6) is 11.6 Å². The summed E-state index contributed by atoms with van der Waals surface area (Å²) in [6, 6.07) is 4.30. The van der Waals surface area contributed by atoms with Gasteiger partial charge in [-0.15, -0.1) is 0 Å². The van der Waals surface area contributed by atoms with Gasteiger partial charge in [-0.25, -0.2) is 19.4 Å². The van der Waals surface area contributed by atoms with Crippen molar-refractivity contribution in [2.24, 2.45) is 0 Å². The van der Waals surface area contributed by atoms with Crippen LogP contribution in [0.2, 0.25) is 5.02 Å². The first-order valence-corrected chi connectivity index (χ1v) is 17.1. The Bertz CT molecular complexity index is 1490. The summed E-state index contributed by atoms with van der Waals surface area (Å²) in [6.45, 7) is 7.60. The zero-order valence-electron chi connectivity index (χ0n) is 28.4. The number of carbonyl (C=O) groups is 4. The van der Waals surface area contributed by atoms with Crippen molar-refractivity contribution in [2.75, 3.05) is 20.3 Å². The fourth-order valence-electron chi connectivity index (χ4n) is 6.05. The monoisotopic (exact) mass is 687 g/mol. The zero-order chi connectivity index (χ0) is 34.8. The van der Waals surface area contributed by atoms with Crippen molar-refractivity contribution in [3.05, 3.63) is 41.4 Å². The van der Waals surface area contributed by atoms with E-state index < -0.39 is 47.8 Å². The highest BCUT2D eigenvalue weighted by molar-refractivity contribution is 6.35. The second-order valence-corrected chi connectivity index (χ2v) is 13.5. The number of fused-ring (bicyclic) bond motifs is 2. The number of para-hydroxylation sites is 1. The Balaban J connectivity index is 1.68. The second kappa shape index (κ2) is 17.0. The smallest absolute Gasteiger partial charge is 0.408 e. The van der Waals surface area contributed by atoms with E-state index in [2.05, 4.69) is 21.7 Å². The molecule has 0 aliphatic carbocycles. The van der Waals surface area contributed by atoms with Crippen molar-refractivity contribution in [1.29, 1.82) is 0 Å². The summed E-state index contributed by atoms with van der Waals surface area (Å²) in [4.78, 5) is 58.7. The molecule has 0 saturated carbocycles. The number of allylic oxidation sites excluding steroid dienone is 2. The minimum Gasteiger partial charge on any atom is -0.483 e. The van der Waals surface area contributed by atoms with Crippen LogP contribution in [0.15, 0.2) is 36.4 Å². The Morgan fingerprint density at radius 1 is 1.10 bits per heavy atom. The van der Waals surface area contributed by atoms with Gasteiger partial charge in [-0.2, -0.15) is 0 Å². The van der Waals surface area contributed by atoms with E-state index in [4.69, 9.17) is 30.5 Å². The Hall–Kier alpha value is -3.90. The number of quaternary nitrogens is 1. The Labute approximate surface area is 286 Å². The van der Waals surface area contributed by atoms with E-state index in [-0.39, 0.29) is 18.9 Å². The number of benzene rings is 1. The van der Waals surface area contributed by atoms with Gasteiger partial charge in [0, 0.05) is 11.5 Å². The highest BCUT2D eigenvalue weighted by Gasteiger charge is 2.49. The molecule has 3 N–H and O–H groups in total. The standard InChI is InChI=1S/C35H47ClN4O8/c1-6-46-29-20-28(23-15-14-16-24(36)30(23)39-29)47-22-19-27-31(41)37-26(33(43)45-5)18-13-11-9-7-8-10-12-17-25(32(42)40(27)21-22)38-34(44)48-35(2,3)4/h9,11,14-16,20,22,25-27H,6-8,10,12-13,17-19,21H2,1-5H3,(H,37,41)(H,38,44)/p+1. The minimum absolute atomic E-state index is 0.128. The molecule has 262 valence electrons. The van der Waals surface area contributed by atoms with Crippen LogP contribution in [0.1, 0.15) is 79.1 Å². The number of hydrogen-bond acceptors (Lipinski definition) is 9. The molecular weight excluding hydrogens is 640 g/mol. The third-order valence-corrected chi connectivity index (χ3v) is 8.58. The summed E-state index contributed by atoms with van der Waals surface area (Å²) < 4.78 is 22.7. The molecule has 0 radical (unpaired) electrons. The number of rotatable bonds is 6. The molecule has 4 rings (SSSR count). The van der Waals surface area contributed by atoms with Gasteiger partial charge in [0.2, 0.25) is 5.88 Å². The Kier molecular flexibility index (Phi) is 13.1. The molecule has 2 aliphatic heterocycles. The fraction of sp³-hybridized carbons (Fsp3) is 0.571. The van der Waals surface area contributed by atoms with Gasteiger partial charge in [-0.1, -0.05) is 42.7 Å². The molecule has 12 nitrogen and oxygen atoms in total. The lowest BCUT2D eigenvalue weighted by Gasteiger charge is -2.26. The van der Waals surface area contributed by atoms with Crippen LogP contribution >= 0.6 is 11.6 Å². The highest BCUT2D eigenvalue weighted by Crippen LogP contribution is 2.33. The van der Waals surface area contributed by atoms with E-state index in [0.717, 1.165) is 19.3 Å². The van der Waals surface area contributed by atoms with Crippen LogP contribution in [0, 0.1) is 0 Å². The molecule has 5 unspecified atom stereocenters. The first-order chi connectivity index (χ1) is 22.9. The quantitative estimate of drug-likeness (QED) is 0.302. The number of hydrogen-bond donors (Lipinski definition) is 3. The molecule has 0 bridgehead atoms. The van der Waals surface area contributed by atoms with Crippen LogP contribution in [0.3, 0.4) is 0 Å². The summed E-state index contributed by atoms with van der Waals surface area (Å²) in [6.07, 6.45) is 7.50. The van der Waals surface area contributed by atoms with Crippen molar-refractivity contribution in [2.45, 2.75) is 109 Å². The third-order valence-electron chi connectivity index (χ3n) is 8.28. The topological polar surface area (TPSA) is 147 Å². The first kappa shape index (κ1) is 36.9. The molecule has 1 saturated heterocycles. The molecule has 1 aromatic heterocycles. The summed E-state index contributed by atoms with van der Waals surface area (Å²) >= 11 is 6.48. The Morgan fingerprint density at radius 3 is 2.60 bits per heavy atom. The van der Waals surface area contributed by atoms with Crippen LogP contribution in [0.4, 0.5) is 4.79 Å². The van der Waals surface area contributed by atoms with E-state index in [1.807, 2.05) is 19.1 Å². The molecular formula is C35H48ClN4O8+. The third kappa shape index (κ3) is 10.1. The van der Waals surface area contributed by atoms with Gasteiger partial charge in [0.1, 0.15) is 30.0 Å². The first-order valence-electron chi connectivity index (χ1n) is 16.7. The number of ether oxygens (including phenoxy) is 4. The van der Waals surface area contributed by atoms with Gasteiger partial charge in [-0.05, 0) is 71.9 Å². The van der Waals surface area contributed by atoms with Crippen LogP contribution in [-0.2, 0) is 23.9 Å². The predicted octanol–water partition coefficient (Wildman–Crippen LogP) is 4.07. The van der Waals surface area contributed by atoms with E-state index >= 15 is 0 Å². The summed E-state index contributed by atoms with van der Waals surface area (Å²) in [7, 11) is 1.28. The largest absolute Gasteiger partial charge is 0.483 e. The maximum Gasteiger partial charge on any atom is 0.408 e. The predicted molar refractivity (Wildman–Crippen MR) is 180 cm³/mol. The number of amides is 3. The van der Waals surface area contributed by atoms with Crippen molar-refractivity contribution >= 4 is 46.4 Å². The van der Waals surface area contributed by atoms with Gasteiger partial charge in [0.05, 0.1) is 30.7 Å². The number of carbonyl (C=O) groups excluding carboxylic acids is 4. The molecule has 0 spiro atoms. The average molecular weight is 688 g/mol. The van der Waals surface area contributed by atoms with Gasteiger partial charge in [0.25, 0.3) is 5.91 Å². The molecule has 1 fully saturated rings. The normalized spacial score (nSPS) is 24.3. The maximum atomic E-state index is 14.3. The molecule has 1 aromatic carbocycles. The number of nitrogens with zero attached hydrogens (tertiary/aromatic N) is 1. The number of esters is 1. The van der Waals surface area contributed by atoms with Crippen molar-refractivity contribution in [3.63, 3.8) is 0 Å². The number of nitrogens with one attached hydrogen (secondary N) is 3. The average Bonchev–Trinajstić information content (AvgIpc) is 3.45. The van der Waals surface area contributed by atoms with Crippen LogP contribution < -0.4 is 25.0 Å². The number of aromatic nitrogens is 1. The summed E-state index contributed by atoms with van der Waals surface area (Å²) in [5.74, 6) is -0.625. The van der Waals surface area contributed by atoms with E-state index in [9.17, 15) is 19.2 Å². The maximum absolute atomic E-state index is 14.3. The lowest BCUT2D eigenvalue weighted by Crippen LogP contribution is -3.19. The molecule has 5 atom stereocenters. The second-order valence-electron chi connectivity index (χ2n) is 13.1. The molecule has 48 heavy (non-hydrogen) atoms. The van der Waals surface area contributed by atoms with Gasteiger partial charge in [0.15, 0.2) is 12.1 Å². The Morgan fingerprint density at radius 2 is 1.88 bits per heavy atom. The summed E-state index contributed by atoms with van der Waals surface area (Å²) in [5.41, 5.74) is -0.263. The lowest BCUT2D eigenvalue weighted by atomic mass is 10.0. The number of methoxy groups -OCH3 is 1. The SMILES string of the molecule is CCOc1cc(OC2CC3C(=O)NC(C(=O)OC)CCC=CCCCCCC(NC(=O)OC(C)(C)C)C(=O)[NH+]3C2)c2cccc(Cl)c2n1. The van der Waals surface area contributed by atoms with Gasteiger partial charge >= 0.3 is 18.0 Å². The summed E-state index contributed by atoms with van der Waals surface area (Å²) in [5, 5.41) is 6.69. The number of alkyl carbamates (subject to hydrolysis) is 1. The van der Waals surface area contributed by atoms with E-state index in [0.29, 0.717) is 64.7 Å². The van der Waals surface area contributed by atoms with Gasteiger partial charge < -0.3 is 29.6 Å². The van der Waals surface area contributed by atoms with E-state index in [1.54, 1.807) is 39.0 Å². The van der Waals surface area contributed by atoms with Crippen LogP contribution in [0.25, 0.3) is 10.9 Å². The number of pyridine rings is 1. The number of halogens is 1.